The summed E-state index contributed by atoms with van der Waals surface area (Å²) in [5.41, 5.74) is 5.84. The van der Waals surface area contributed by atoms with E-state index in [0.717, 1.165) is 41.0 Å². The van der Waals surface area contributed by atoms with Gasteiger partial charge in [0.05, 0.1) is 28.9 Å². The number of nitrogens with one attached hydrogen (secondary N) is 2. The molecule has 2 atom stereocenters. The molecular formula is C22H28N6O. The average Bonchev–Trinajstić information content (AvgIpc) is 3.32. The topological polar surface area (TPSA) is 88.0 Å². The predicted octanol–water partition coefficient (Wildman–Crippen LogP) is 3.67. The summed E-state index contributed by atoms with van der Waals surface area (Å²) in [6, 6.07) is 8.04. The second kappa shape index (κ2) is 6.83. The number of fused-ring (bicyclic) bond motifs is 1. The highest BCUT2D eigenvalue weighted by molar-refractivity contribution is 5.86. The van der Waals surface area contributed by atoms with E-state index in [0.29, 0.717) is 0 Å². The zero-order valence-corrected chi connectivity index (χ0v) is 17.7. The first-order valence-electron chi connectivity index (χ1n) is 10.0. The number of imidazole rings is 1. The number of carbonyl (C=O) groups is 1. The molecule has 0 aliphatic heterocycles. The van der Waals surface area contributed by atoms with E-state index >= 15 is 0 Å². The molecule has 7 nitrogen and oxygen atoms in total. The second-order valence-electron chi connectivity index (χ2n) is 8.79. The van der Waals surface area contributed by atoms with Gasteiger partial charge in [-0.05, 0) is 37.3 Å². The molecule has 2 heterocycles. The number of hydrogen-bond acceptors (Lipinski definition) is 4. The number of aromatic amines is 1. The fourth-order valence-corrected chi connectivity index (χ4v) is 4.45. The number of amides is 1. The minimum atomic E-state index is -0.544. The molecule has 1 aromatic carbocycles. The van der Waals surface area contributed by atoms with E-state index in [1.165, 1.54) is 0 Å². The molecule has 1 saturated carbocycles. The van der Waals surface area contributed by atoms with Crippen molar-refractivity contribution in [2.45, 2.75) is 46.5 Å². The largest absolute Gasteiger partial charge is 0.342 e. The number of hydrogen-bond donors (Lipinski definition) is 2. The molecule has 152 valence electrons. The molecule has 0 radical (unpaired) electrons. The van der Waals surface area contributed by atoms with Gasteiger partial charge in [0, 0.05) is 24.2 Å². The fraction of sp³-hybridized carbons (Fsp3) is 0.455. The van der Waals surface area contributed by atoms with Crippen LogP contribution in [0.4, 0.5) is 0 Å². The number of benzene rings is 1. The number of carbonyl (C=O) groups excluding carboxylic acids is 1. The van der Waals surface area contributed by atoms with Gasteiger partial charge in [-0.15, -0.1) is 0 Å². The van der Waals surface area contributed by atoms with Crippen LogP contribution in [-0.4, -0.2) is 31.9 Å². The Hall–Kier alpha value is -2.96. The van der Waals surface area contributed by atoms with Crippen LogP contribution in [0.3, 0.4) is 0 Å². The van der Waals surface area contributed by atoms with E-state index in [4.69, 9.17) is 4.98 Å². The van der Waals surface area contributed by atoms with E-state index in [9.17, 15) is 4.79 Å². The molecule has 2 aromatic heterocycles. The predicted molar refractivity (Wildman–Crippen MR) is 114 cm³/mol. The standard InChI is InChI=1S/C22H28N6O/c1-14-15(13-24-28(14)5)12-23-27-20(29)22(4)11-10-16(21(22,2)3)19-25-17-8-6-7-9-18(17)26-19/h6-9,12-13,16H,10-11H2,1-5H3,(H,25,26)(H,27,29)/b23-12-/t16-,22-/m0/s1. The normalized spacial score (nSPS) is 23.8. The van der Waals surface area contributed by atoms with Crippen molar-refractivity contribution in [1.29, 1.82) is 0 Å². The van der Waals surface area contributed by atoms with Crippen molar-refractivity contribution in [2.24, 2.45) is 23.0 Å². The SMILES string of the molecule is Cc1c(/C=N\NC(=O)[C@]2(C)CC[C@@H](c3nc4ccccc4[nH]3)C2(C)C)cnn1C. The van der Waals surface area contributed by atoms with Crippen LogP contribution < -0.4 is 5.43 Å². The number of hydrazone groups is 1. The first-order chi connectivity index (χ1) is 13.7. The first kappa shape index (κ1) is 19.4. The molecule has 2 N–H and O–H groups in total. The number of rotatable bonds is 4. The summed E-state index contributed by atoms with van der Waals surface area (Å²) in [6.07, 6.45) is 5.09. The van der Waals surface area contributed by atoms with Crippen molar-refractivity contribution in [3.63, 3.8) is 0 Å². The van der Waals surface area contributed by atoms with Gasteiger partial charge in [0.1, 0.15) is 5.82 Å². The van der Waals surface area contributed by atoms with Gasteiger partial charge >= 0.3 is 0 Å². The Morgan fingerprint density at radius 3 is 2.79 bits per heavy atom. The fourth-order valence-electron chi connectivity index (χ4n) is 4.45. The summed E-state index contributed by atoms with van der Waals surface area (Å²) in [5.74, 6) is 1.08. The zero-order chi connectivity index (χ0) is 20.8. The molecule has 1 aliphatic rings. The minimum absolute atomic E-state index is 0.0566. The zero-order valence-electron chi connectivity index (χ0n) is 17.7. The van der Waals surface area contributed by atoms with E-state index in [1.807, 2.05) is 45.2 Å². The maximum Gasteiger partial charge on any atom is 0.246 e. The van der Waals surface area contributed by atoms with Crippen LogP contribution >= 0.6 is 0 Å². The molecular weight excluding hydrogens is 364 g/mol. The molecule has 4 rings (SSSR count). The molecule has 0 spiro atoms. The summed E-state index contributed by atoms with van der Waals surface area (Å²) in [4.78, 5) is 21.4. The van der Waals surface area contributed by atoms with Gasteiger partial charge < -0.3 is 4.98 Å². The monoisotopic (exact) mass is 392 g/mol. The average molecular weight is 393 g/mol. The molecule has 29 heavy (non-hydrogen) atoms. The Balaban J connectivity index is 1.54. The van der Waals surface area contributed by atoms with Gasteiger partial charge in [0.2, 0.25) is 5.91 Å². The van der Waals surface area contributed by atoms with Crippen molar-refractivity contribution in [2.75, 3.05) is 0 Å². The second-order valence-corrected chi connectivity index (χ2v) is 8.79. The van der Waals surface area contributed by atoms with Gasteiger partial charge in [-0.1, -0.05) is 32.9 Å². The van der Waals surface area contributed by atoms with E-state index in [2.05, 4.69) is 34.5 Å². The lowest BCUT2D eigenvalue weighted by Gasteiger charge is -2.39. The highest BCUT2D eigenvalue weighted by Crippen LogP contribution is 2.59. The third kappa shape index (κ3) is 3.05. The molecule has 3 aromatic rings. The summed E-state index contributed by atoms with van der Waals surface area (Å²) < 4.78 is 1.78. The van der Waals surface area contributed by atoms with Crippen molar-refractivity contribution in [1.82, 2.24) is 25.2 Å². The van der Waals surface area contributed by atoms with Crippen molar-refractivity contribution >= 4 is 23.2 Å². The highest BCUT2D eigenvalue weighted by atomic mass is 16.2. The van der Waals surface area contributed by atoms with Gasteiger partial charge in [0.25, 0.3) is 0 Å². The number of para-hydroxylation sites is 2. The Morgan fingerprint density at radius 1 is 1.34 bits per heavy atom. The summed E-state index contributed by atoms with van der Waals surface area (Å²) in [7, 11) is 1.88. The quantitative estimate of drug-likeness (QED) is 0.525. The van der Waals surface area contributed by atoms with Crippen LogP contribution in [0.5, 0.6) is 0 Å². The lowest BCUT2D eigenvalue weighted by atomic mass is 9.65. The van der Waals surface area contributed by atoms with Crippen molar-refractivity contribution in [3.8, 4) is 0 Å². The Bertz CT molecular complexity index is 1060. The van der Waals surface area contributed by atoms with Gasteiger partial charge in [-0.2, -0.15) is 10.2 Å². The number of aromatic nitrogens is 4. The molecule has 0 unspecified atom stereocenters. The van der Waals surface area contributed by atoms with E-state index in [1.54, 1.807) is 17.1 Å². The number of H-pyrrole nitrogens is 1. The number of aryl methyl sites for hydroxylation is 1. The third-order valence-electron chi connectivity index (χ3n) is 7.11. The van der Waals surface area contributed by atoms with Crippen LogP contribution in [0.1, 0.15) is 56.6 Å². The van der Waals surface area contributed by atoms with Gasteiger partial charge in [-0.25, -0.2) is 10.4 Å². The molecule has 1 amide bonds. The summed E-state index contributed by atoms with van der Waals surface area (Å²) in [5, 5.41) is 8.39. The highest BCUT2D eigenvalue weighted by Gasteiger charge is 2.57. The van der Waals surface area contributed by atoms with Crippen LogP contribution in [0, 0.1) is 17.8 Å². The lowest BCUT2D eigenvalue weighted by molar-refractivity contribution is -0.135. The first-order valence-corrected chi connectivity index (χ1v) is 10.0. The van der Waals surface area contributed by atoms with Gasteiger partial charge in [-0.3, -0.25) is 9.48 Å². The third-order valence-corrected chi connectivity index (χ3v) is 7.11. The Morgan fingerprint density at radius 2 is 2.10 bits per heavy atom. The van der Waals surface area contributed by atoms with E-state index < -0.39 is 5.41 Å². The van der Waals surface area contributed by atoms with E-state index in [-0.39, 0.29) is 17.2 Å². The molecule has 0 bridgehead atoms. The molecule has 7 heteroatoms. The van der Waals surface area contributed by atoms with Crippen LogP contribution in [0.2, 0.25) is 0 Å². The molecule has 1 fully saturated rings. The van der Waals surface area contributed by atoms with Crippen molar-refractivity contribution in [3.05, 3.63) is 47.5 Å². The molecule has 0 saturated heterocycles. The van der Waals surface area contributed by atoms with Crippen LogP contribution in [0.25, 0.3) is 11.0 Å². The van der Waals surface area contributed by atoms with Crippen molar-refractivity contribution < 1.29 is 4.79 Å². The smallest absolute Gasteiger partial charge is 0.246 e. The van der Waals surface area contributed by atoms with Gasteiger partial charge in [0.15, 0.2) is 0 Å². The summed E-state index contributed by atoms with van der Waals surface area (Å²) >= 11 is 0. The Labute approximate surface area is 170 Å². The number of nitrogens with zero attached hydrogens (tertiary/aromatic N) is 4. The summed E-state index contributed by atoms with van der Waals surface area (Å²) in [6.45, 7) is 8.32. The minimum Gasteiger partial charge on any atom is -0.342 e. The maximum absolute atomic E-state index is 13.1. The van der Waals surface area contributed by atoms with Crippen LogP contribution in [-0.2, 0) is 11.8 Å². The maximum atomic E-state index is 13.1. The Kier molecular flexibility index (Phi) is 4.56. The van der Waals surface area contributed by atoms with Crippen LogP contribution in [0.15, 0.2) is 35.6 Å². The molecule has 1 aliphatic carbocycles. The lowest BCUT2D eigenvalue weighted by Crippen LogP contribution is -2.45.